The smallest absolute Gasteiger partial charge is 0.216 e. The fraction of sp³-hybridized carbons (Fsp3) is 0.0833. The molecular weight excluding hydrogens is 216 g/mol. The molecule has 0 saturated heterocycles. The van der Waals surface area contributed by atoms with E-state index < -0.39 is 0 Å². The fourth-order valence-corrected chi connectivity index (χ4v) is 1.64. The standard InChI is InChI=1S/C12H10N4O/c1-17-11-7-4-6-10-14-12(15-16(10)11)9-5-2-3-8-13-9/h2-8H,1H3. The van der Waals surface area contributed by atoms with Crippen LogP contribution in [-0.4, -0.2) is 26.7 Å². The van der Waals surface area contributed by atoms with Gasteiger partial charge < -0.3 is 4.74 Å². The second kappa shape index (κ2) is 3.86. The summed E-state index contributed by atoms with van der Waals surface area (Å²) in [6, 6.07) is 11.2. The quantitative estimate of drug-likeness (QED) is 0.668. The number of aromatic nitrogens is 4. The minimum Gasteiger partial charge on any atom is -0.481 e. The van der Waals surface area contributed by atoms with Crippen molar-refractivity contribution >= 4 is 5.65 Å². The molecular formula is C12H10N4O. The number of rotatable bonds is 2. The van der Waals surface area contributed by atoms with Gasteiger partial charge in [0.15, 0.2) is 5.65 Å². The molecule has 5 heteroatoms. The zero-order valence-electron chi connectivity index (χ0n) is 9.24. The Kier molecular flexibility index (Phi) is 2.22. The predicted molar refractivity (Wildman–Crippen MR) is 62.8 cm³/mol. The first kappa shape index (κ1) is 9.77. The first-order valence-electron chi connectivity index (χ1n) is 5.19. The van der Waals surface area contributed by atoms with Crippen molar-refractivity contribution < 1.29 is 4.74 Å². The highest BCUT2D eigenvalue weighted by atomic mass is 16.5. The summed E-state index contributed by atoms with van der Waals surface area (Å²) in [6.07, 6.45) is 1.72. The van der Waals surface area contributed by atoms with Crippen LogP contribution in [0.4, 0.5) is 0 Å². The molecule has 0 spiro atoms. The third kappa shape index (κ3) is 1.61. The monoisotopic (exact) mass is 226 g/mol. The van der Waals surface area contributed by atoms with E-state index in [0.29, 0.717) is 11.7 Å². The Balaban J connectivity index is 2.20. The lowest BCUT2D eigenvalue weighted by molar-refractivity contribution is 0.386. The van der Waals surface area contributed by atoms with Crippen molar-refractivity contribution in [3.8, 4) is 17.4 Å². The van der Waals surface area contributed by atoms with Crippen LogP contribution in [0.2, 0.25) is 0 Å². The van der Waals surface area contributed by atoms with Crippen LogP contribution in [-0.2, 0) is 0 Å². The minimum atomic E-state index is 0.593. The molecule has 0 aromatic carbocycles. The van der Waals surface area contributed by atoms with E-state index in [1.165, 1.54) is 0 Å². The van der Waals surface area contributed by atoms with E-state index in [4.69, 9.17) is 4.74 Å². The van der Waals surface area contributed by atoms with Crippen LogP contribution in [0.5, 0.6) is 5.88 Å². The molecule has 5 nitrogen and oxygen atoms in total. The highest BCUT2D eigenvalue weighted by Crippen LogP contribution is 2.17. The van der Waals surface area contributed by atoms with Crippen LogP contribution in [0.15, 0.2) is 42.6 Å². The molecule has 3 rings (SSSR count). The van der Waals surface area contributed by atoms with Gasteiger partial charge in [-0.15, -0.1) is 5.10 Å². The lowest BCUT2D eigenvalue weighted by Crippen LogP contribution is -1.95. The van der Waals surface area contributed by atoms with Gasteiger partial charge in [0, 0.05) is 12.3 Å². The Hall–Kier alpha value is -2.43. The number of pyridine rings is 2. The van der Waals surface area contributed by atoms with Crippen LogP contribution >= 0.6 is 0 Å². The molecule has 3 aromatic rings. The summed E-state index contributed by atoms with van der Waals surface area (Å²) in [5.41, 5.74) is 1.49. The molecule has 0 aliphatic carbocycles. The Bertz CT molecular complexity index is 648. The Labute approximate surface area is 97.7 Å². The van der Waals surface area contributed by atoms with Gasteiger partial charge >= 0.3 is 0 Å². The number of ether oxygens (including phenoxy) is 1. The molecule has 17 heavy (non-hydrogen) atoms. The average molecular weight is 226 g/mol. The molecule has 0 aliphatic rings. The summed E-state index contributed by atoms with van der Waals surface area (Å²) in [5.74, 6) is 1.24. The highest BCUT2D eigenvalue weighted by Gasteiger charge is 2.09. The largest absolute Gasteiger partial charge is 0.481 e. The topological polar surface area (TPSA) is 52.3 Å². The second-order valence-electron chi connectivity index (χ2n) is 3.49. The average Bonchev–Trinajstić information content (AvgIpc) is 2.83. The van der Waals surface area contributed by atoms with E-state index in [1.54, 1.807) is 17.8 Å². The zero-order valence-corrected chi connectivity index (χ0v) is 9.24. The lowest BCUT2D eigenvalue weighted by Gasteiger charge is -1.99. The predicted octanol–water partition coefficient (Wildman–Crippen LogP) is 1.80. The number of methoxy groups -OCH3 is 1. The van der Waals surface area contributed by atoms with E-state index in [2.05, 4.69) is 15.1 Å². The summed E-state index contributed by atoms with van der Waals surface area (Å²) in [6.45, 7) is 0. The van der Waals surface area contributed by atoms with Crippen LogP contribution in [0, 0.1) is 0 Å². The van der Waals surface area contributed by atoms with Crippen molar-refractivity contribution in [1.82, 2.24) is 19.6 Å². The van der Waals surface area contributed by atoms with Crippen LogP contribution in [0.1, 0.15) is 0 Å². The molecule has 0 bridgehead atoms. The molecule has 3 aromatic heterocycles. The molecule has 0 fully saturated rings. The number of nitrogens with zero attached hydrogens (tertiary/aromatic N) is 4. The van der Waals surface area contributed by atoms with Gasteiger partial charge in [0.1, 0.15) is 5.69 Å². The summed E-state index contributed by atoms with van der Waals surface area (Å²) in [5, 5.41) is 4.37. The van der Waals surface area contributed by atoms with Gasteiger partial charge in [-0.2, -0.15) is 4.52 Å². The maximum Gasteiger partial charge on any atom is 0.216 e. The van der Waals surface area contributed by atoms with Crippen LogP contribution in [0.25, 0.3) is 17.2 Å². The Morgan fingerprint density at radius 1 is 1.12 bits per heavy atom. The van der Waals surface area contributed by atoms with Crippen molar-refractivity contribution in [2.75, 3.05) is 7.11 Å². The molecule has 0 N–H and O–H groups in total. The Morgan fingerprint density at radius 2 is 2.06 bits per heavy atom. The van der Waals surface area contributed by atoms with Crippen molar-refractivity contribution in [2.24, 2.45) is 0 Å². The van der Waals surface area contributed by atoms with E-state index in [0.717, 1.165) is 11.3 Å². The maximum absolute atomic E-state index is 5.22. The summed E-state index contributed by atoms with van der Waals surface area (Å²) >= 11 is 0. The number of hydrogen-bond acceptors (Lipinski definition) is 4. The minimum absolute atomic E-state index is 0.593. The normalized spacial score (nSPS) is 10.6. The van der Waals surface area contributed by atoms with Crippen molar-refractivity contribution in [1.29, 1.82) is 0 Å². The Morgan fingerprint density at radius 3 is 2.82 bits per heavy atom. The third-order valence-electron chi connectivity index (χ3n) is 2.43. The van der Waals surface area contributed by atoms with Crippen molar-refractivity contribution in [3.05, 3.63) is 42.6 Å². The van der Waals surface area contributed by atoms with E-state index in [-0.39, 0.29) is 0 Å². The van der Waals surface area contributed by atoms with Gasteiger partial charge in [-0.05, 0) is 18.2 Å². The summed E-state index contributed by atoms with van der Waals surface area (Å²) in [7, 11) is 1.61. The summed E-state index contributed by atoms with van der Waals surface area (Å²) < 4.78 is 6.87. The molecule has 0 amide bonds. The molecule has 0 unspecified atom stereocenters. The zero-order chi connectivity index (χ0) is 11.7. The van der Waals surface area contributed by atoms with Crippen molar-refractivity contribution in [2.45, 2.75) is 0 Å². The van der Waals surface area contributed by atoms with E-state index >= 15 is 0 Å². The molecule has 3 heterocycles. The van der Waals surface area contributed by atoms with Crippen molar-refractivity contribution in [3.63, 3.8) is 0 Å². The molecule has 0 radical (unpaired) electrons. The summed E-state index contributed by atoms with van der Waals surface area (Å²) in [4.78, 5) is 8.62. The lowest BCUT2D eigenvalue weighted by atomic mass is 10.3. The van der Waals surface area contributed by atoms with Gasteiger partial charge in [-0.3, -0.25) is 4.98 Å². The van der Waals surface area contributed by atoms with Gasteiger partial charge in [-0.25, -0.2) is 4.98 Å². The second-order valence-corrected chi connectivity index (χ2v) is 3.49. The van der Waals surface area contributed by atoms with E-state index in [1.807, 2.05) is 36.4 Å². The van der Waals surface area contributed by atoms with Crippen LogP contribution in [0.3, 0.4) is 0 Å². The molecule has 0 atom stereocenters. The van der Waals surface area contributed by atoms with Gasteiger partial charge in [0.25, 0.3) is 0 Å². The third-order valence-corrected chi connectivity index (χ3v) is 2.43. The number of hydrogen-bond donors (Lipinski definition) is 0. The molecule has 84 valence electrons. The SMILES string of the molecule is COc1cccc2nc(-c3ccccn3)nn12. The number of fused-ring (bicyclic) bond motifs is 1. The highest BCUT2D eigenvalue weighted by molar-refractivity contribution is 5.54. The fourth-order valence-electron chi connectivity index (χ4n) is 1.64. The van der Waals surface area contributed by atoms with Gasteiger partial charge in [0.2, 0.25) is 11.7 Å². The maximum atomic E-state index is 5.22. The van der Waals surface area contributed by atoms with Gasteiger partial charge in [0.05, 0.1) is 7.11 Å². The first-order valence-corrected chi connectivity index (χ1v) is 5.19. The van der Waals surface area contributed by atoms with E-state index in [9.17, 15) is 0 Å². The molecule has 0 saturated carbocycles. The molecule has 0 aliphatic heterocycles. The first-order chi connectivity index (χ1) is 8.38. The van der Waals surface area contributed by atoms with Crippen LogP contribution < -0.4 is 4.74 Å². The van der Waals surface area contributed by atoms with Gasteiger partial charge in [-0.1, -0.05) is 12.1 Å².